The number of aliphatic hydroxyl groups is 1. The average Bonchev–Trinajstić information content (AvgIpc) is 3.04. The first-order chi connectivity index (χ1) is 12.6. The summed E-state index contributed by atoms with van der Waals surface area (Å²) < 4.78 is 12.9. The fourth-order valence-electron chi connectivity index (χ4n) is 3.41. The predicted octanol–water partition coefficient (Wildman–Crippen LogP) is 3.92. The van der Waals surface area contributed by atoms with Gasteiger partial charge in [-0.15, -0.1) is 0 Å². The van der Waals surface area contributed by atoms with E-state index in [1.165, 1.54) is 29.2 Å². The number of rotatable bonds is 6. The minimum atomic E-state index is -0.748. The van der Waals surface area contributed by atoms with Gasteiger partial charge < -0.3 is 5.11 Å². The van der Waals surface area contributed by atoms with Crippen molar-refractivity contribution in [1.29, 1.82) is 0 Å². The molecule has 136 valence electrons. The van der Waals surface area contributed by atoms with E-state index in [2.05, 4.69) is 0 Å². The third-order valence-corrected chi connectivity index (χ3v) is 4.79. The number of carbonyl (C=O) groups is 2. The Bertz CT molecular complexity index is 761. The quantitative estimate of drug-likeness (QED) is 0.854. The lowest BCUT2D eigenvalue weighted by Gasteiger charge is -2.23. The minimum Gasteiger partial charge on any atom is -0.388 e. The standard InChI is InChI=1S/C21H22FNO3/c22-17-11-9-16(10-12-17)19(24)7-4-8-20(25)23-18(13-14-21(23)26)15-5-2-1-3-6-15/h1-3,5-6,9-12,18-19,24H,4,7-8,13-14H2/t18-,19+/m1/s1. The smallest absolute Gasteiger partial charge is 0.229 e. The number of amides is 2. The van der Waals surface area contributed by atoms with Crippen molar-refractivity contribution in [2.24, 2.45) is 0 Å². The Morgan fingerprint density at radius 1 is 1.15 bits per heavy atom. The van der Waals surface area contributed by atoms with Gasteiger partial charge >= 0.3 is 0 Å². The second-order valence-electron chi connectivity index (χ2n) is 6.58. The molecule has 0 aliphatic carbocycles. The van der Waals surface area contributed by atoms with Crippen LogP contribution in [-0.4, -0.2) is 21.8 Å². The molecule has 1 N–H and O–H groups in total. The van der Waals surface area contributed by atoms with Crippen molar-refractivity contribution >= 4 is 11.8 Å². The van der Waals surface area contributed by atoms with Crippen molar-refractivity contribution in [2.45, 2.75) is 44.2 Å². The van der Waals surface area contributed by atoms with Gasteiger partial charge in [-0.05, 0) is 42.5 Å². The molecule has 0 unspecified atom stereocenters. The Balaban J connectivity index is 1.56. The normalized spacial score (nSPS) is 18.2. The molecular weight excluding hydrogens is 333 g/mol. The number of likely N-dealkylation sites (tertiary alicyclic amines) is 1. The van der Waals surface area contributed by atoms with Gasteiger partial charge in [-0.1, -0.05) is 42.5 Å². The zero-order chi connectivity index (χ0) is 18.5. The summed E-state index contributed by atoms with van der Waals surface area (Å²) >= 11 is 0. The molecule has 5 heteroatoms. The SMILES string of the molecule is O=C(CCC[C@H](O)c1ccc(F)cc1)N1C(=O)CC[C@@H]1c1ccccc1. The van der Waals surface area contributed by atoms with Crippen LogP contribution >= 0.6 is 0 Å². The zero-order valence-electron chi connectivity index (χ0n) is 14.5. The van der Waals surface area contributed by atoms with E-state index >= 15 is 0 Å². The van der Waals surface area contributed by atoms with Crippen LogP contribution in [0, 0.1) is 5.82 Å². The summed E-state index contributed by atoms with van der Waals surface area (Å²) in [5, 5.41) is 10.2. The first kappa shape index (κ1) is 18.3. The first-order valence-corrected chi connectivity index (χ1v) is 8.89. The van der Waals surface area contributed by atoms with E-state index in [0.717, 1.165) is 5.56 Å². The molecule has 1 aliphatic heterocycles. The fourth-order valence-corrected chi connectivity index (χ4v) is 3.41. The number of carbonyl (C=O) groups excluding carboxylic acids is 2. The molecule has 0 bridgehead atoms. The number of hydrogen-bond donors (Lipinski definition) is 1. The molecule has 2 amide bonds. The highest BCUT2D eigenvalue weighted by Gasteiger charge is 2.36. The van der Waals surface area contributed by atoms with Crippen LogP contribution in [-0.2, 0) is 9.59 Å². The van der Waals surface area contributed by atoms with Gasteiger partial charge in [-0.3, -0.25) is 14.5 Å². The van der Waals surface area contributed by atoms with Crippen LogP contribution in [0.15, 0.2) is 54.6 Å². The molecular formula is C21H22FNO3. The monoisotopic (exact) mass is 355 g/mol. The van der Waals surface area contributed by atoms with Crippen molar-refractivity contribution in [1.82, 2.24) is 4.90 Å². The van der Waals surface area contributed by atoms with Crippen LogP contribution in [0.2, 0.25) is 0 Å². The lowest BCUT2D eigenvalue weighted by Crippen LogP contribution is -2.34. The summed E-state index contributed by atoms with van der Waals surface area (Å²) in [6.07, 6.45) is 1.32. The van der Waals surface area contributed by atoms with E-state index in [1.807, 2.05) is 30.3 Å². The van der Waals surface area contributed by atoms with Gasteiger partial charge in [-0.2, -0.15) is 0 Å². The van der Waals surface area contributed by atoms with Gasteiger partial charge in [0.05, 0.1) is 12.1 Å². The second kappa shape index (κ2) is 8.23. The molecule has 1 heterocycles. The molecule has 2 atom stereocenters. The van der Waals surface area contributed by atoms with E-state index < -0.39 is 6.10 Å². The summed E-state index contributed by atoms with van der Waals surface area (Å²) in [5.74, 6) is -0.689. The number of halogens is 1. The number of hydrogen-bond acceptors (Lipinski definition) is 3. The van der Waals surface area contributed by atoms with Crippen LogP contribution in [0.3, 0.4) is 0 Å². The number of nitrogens with zero attached hydrogens (tertiary/aromatic N) is 1. The van der Waals surface area contributed by atoms with Crippen molar-refractivity contribution < 1.29 is 19.1 Å². The number of aliphatic hydroxyl groups excluding tert-OH is 1. The third-order valence-electron chi connectivity index (χ3n) is 4.79. The van der Waals surface area contributed by atoms with Crippen LogP contribution < -0.4 is 0 Å². The van der Waals surface area contributed by atoms with Crippen molar-refractivity contribution in [3.63, 3.8) is 0 Å². The average molecular weight is 355 g/mol. The molecule has 1 fully saturated rings. The summed E-state index contributed by atoms with van der Waals surface area (Å²) in [6, 6.07) is 15.1. The van der Waals surface area contributed by atoms with Gasteiger partial charge in [0.25, 0.3) is 0 Å². The Morgan fingerprint density at radius 2 is 1.85 bits per heavy atom. The molecule has 0 radical (unpaired) electrons. The van der Waals surface area contributed by atoms with Gasteiger partial charge in [0.15, 0.2) is 0 Å². The highest BCUT2D eigenvalue weighted by atomic mass is 19.1. The van der Waals surface area contributed by atoms with Gasteiger partial charge in [0.2, 0.25) is 11.8 Å². The maximum Gasteiger partial charge on any atom is 0.229 e. The molecule has 0 saturated carbocycles. The topological polar surface area (TPSA) is 57.6 Å². The van der Waals surface area contributed by atoms with E-state index in [9.17, 15) is 19.1 Å². The lowest BCUT2D eigenvalue weighted by molar-refractivity contribution is -0.144. The van der Waals surface area contributed by atoms with Crippen LogP contribution in [0.5, 0.6) is 0 Å². The second-order valence-corrected chi connectivity index (χ2v) is 6.58. The molecule has 2 aromatic rings. The molecule has 0 spiro atoms. The summed E-state index contributed by atoms with van der Waals surface area (Å²) in [4.78, 5) is 26.1. The van der Waals surface area contributed by atoms with Crippen LogP contribution in [0.1, 0.15) is 55.4 Å². The van der Waals surface area contributed by atoms with Crippen molar-refractivity contribution in [2.75, 3.05) is 0 Å². The molecule has 3 rings (SSSR count). The Kier molecular flexibility index (Phi) is 5.78. The van der Waals surface area contributed by atoms with E-state index in [0.29, 0.717) is 31.2 Å². The zero-order valence-corrected chi connectivity index (χ0v) is 14.5. The van der Waals surface area contributed by atoms with E-state index in [4.69, 9.17) is 0 Å². The fraction of sp³-hybridized carbons (Fsp3) is 0.333. The first-order valence-electron chi connectivity index (χ1n) is 8.89. The van der Waals surface area contributed by atoms with Crippen molar-refractivity contribution in [3.05, 3.63) is 71.5 Å². The van der Waals surface area contributed by atoms with E-state index in [-0.39, 0.29) is 30.1 Å². The molecule has 2 aromatic carbocycles. The molecule has 1 aliphatic rings. The van der Waals surface area contributed by atoms with Gasteiger partial charge in [0.1, 0.15) is 5.82 Å². The molecule has 4 nitrogen and oxygen atoms in total. The third kappa shape index (κ3) is 4.17. The van der Waals surface area contributed by atoms with Crippen LogP contribution in [0.25, 0.3) is 0 Å². The predicted molar refractivity (Wildman–Crippen MR) is 95.5 cm³/mol. The molecule has 0 aromatic heterocycles. The number of imide groups is 1. The Morgan fingerprint density at radius 3 is 2.54 bits per heavy atom. The summed E-state index contributed by atoms with van der Waals surface area (Å²) in [5.41, 5.74) is 1.59. The summed E-state index contributed by atoms with van der Waals surface area (Å²) in [6.45, 7) is 0. The molecule has 1 saturated heterocycles. The minimum absolute atomic E-state index is 0.136. The summed E-state index contributed by atoms with van der Waals surface area (Å²) in [7, 11) is 0. The highest BCUT2D eigenvalue weighted by Crippen LogP contribution is 2.33. The molecule has 26 heavy (non-hydrogen) atoms. The number of benzene rings is 2. The highest BCUT2D eigenvalue weighted by molar-refractivity contribution is 5.97. The maximum absolute atomic E-state index is 12.9. The van der Waals surface area contributed by atoms with E-state index in [1.54, 1.807) is 0 Å². The lowest BCUT2D eigenvalue weighted by atomic mass is 10.0. The van der Waals surface area contributed by atoms with Gasteiger partial charge in [-0.25, -0.2) is 4.39 Å². The van der Waals surface area contributed by atoms with Gasteiger partial charge in [0, 0.05) is 12.8 Å². The van der Waals surface area contributed by atoms with Crippen molar-refractivity contribution in [3.8, 4) is 0 Å². The van der Waals surface area contributed by atoms with Crippen LogP contribution in [0.4, 0.5) is 4.39 Å². The Hall–Kier alpha value is -2.53. The largest absolute Gasteiger partial charge is 0.388 e. The Labute approximate surface area is 152 Å². The maximum atomic E-state index is 12.9.